The van der Waals surface area contributed by atoms with E-state index in [1.54, 1.807) is 0 Å². The molecule has 4 atom stereocenters. The first-order chi connectivity index (χ1) is 14.4. The molecule has 31 heavy (non-hydrogen) atoms. The van der Waals surface area contributed by atoms with Crippen molar-refractivity contribution in [2.75, 3.05) is 5.32 Å². The van der Waals surface area contributed by atoms with Gasteiger partial charge in [-0.15, -0.1) is 0 Å². The van der Waals surface area contributed by atoms with Crippen LogP contribution in [0.25, 0.3) is 0 Å². The fourth-order valence-electron chi connectivity index (χ4n) is 4.87. The fourth-order valence-corrected chi connectivity index (χ4v) is 5.14. The molecule has 0 spiro atoms. The predicted molar refractivity (Wildman–Crippen MR) is 112 cm³/mol. The van der Waals surface area contributed by atoms with Crippen LogP contribution in [0.15, 0.2) is 18.2 Å². The van der Waals surface area contributed by atoms with Crippen LogP contribution in [-0.4, -0.2) is 34.2 Å². The lowest BCUT2D eigenvalue weighted by atomic mass is 9.88. The molecule has 174 valence electrons. The van der Waals surface area contributed by atoms with Crippen molar-refractivity contribution in [2.24, 2.45) is 0 Å². The van der Waals surface area contributed by atoms with Gasteiger partial charge in [-0.1, -0.05) is 12.8 Å². The van der Waals surface area contributed by atoms with Gasteiger partial charge in [-0.3, -0.25) is 4.90 Å². The van der Waals surface area contributed by atoms with Gasteiger partial charge < -0.3 is 10.6 Å². The Kier molecular flexibility index (Phi) is 7.10. The molecule has 1 aliphatic carbocycles. The summed E-state index contributed by atoms with van der Waals surface area (Å²) >= 11 is 5.27. The topological polar surface area (TPSA) is 27.3 Å². The van der Waals surface area contributed by atoms with Crippen LogP contribution in [0.4, 0.5) is 32.0 Å². The molecule has 3 rings (SSSR count). The fraction of sp³-hybridized carbons (Fsp3) is 0.667. The third kappa shape index (κ3) is 5.83. The van der Waals surface area contributed by atoms with Gasteiger partial charge in [0.2, 0.25) is 0 Å². The molecule has 0 radical (unpaired) electrons. The van der Waals surface area contributed by atoms with Crippen LogP contribution < -0.4 is 10.6 Å². The van der Waals surface area contributed by atoms with E-state index in [9.17, 15) is 26.3 Å². The summed E-state index contributed by atoms with van der Waals surface area (Å²) in [6.07, 6.45) is -3.67. The normalized spacial score (nSPS) is 27.9. The minimum atomic E-state index is -4.90. The second kappa shape index (κ2) is 9.13. The molecule has 0 aromatic heterocycles. The zero-order chi connectivity index (χ0) is 23.0. The minimum Gasteiger partial charge on any atom is -0.358 e. The zero-order valence-electron chi connectivity index (χ0n) is 17.4. The number of halogens is 6. The van der Waals surface area contributed by atoms with Crippen LogP contribution in [0.3, 0.4) is 0 Å². The van der Waals surface area contributed by atoms with Gasteiger partial charge in [-0.05, 0) is 69.9 Å². The van der Waals surface area contributed by atoms with E-state index < -0.39 is 23.5 Å². The maximum atomic E-state index is 13.1. The molecule has 2 N–H and O–H groups in total. The van der Waals surface area contributed by atoms with Gasteiger partial charge in [0, 0.05) is 29.9 Å². The number of benzene rings is 1. The van der Waals surface area contributed by atoms with Gasteiger partial charge >= 0.3 is 12.4 Å². The van der Waals surface area contributed by atoms with Gasteiger partial charge in [-0.2, -0.15) is 26.3 Å². The number of anilines is 1. The van der Waals surface area contributed by atoms with Crippen molar-refractivity contribution in [3.05, 3.63) is 29.3 Å². The van der Waals surface area contributed by atoms with Crippen LogP contribution in [0.2, 0.25) is 0 Å². The number of alkyl halides is 6. The summed E-state index contributed by atoms with van der Waals surface area (Å²) < 4.78 is 78.6. The Hall–Kier alpha value is -1.55. The lowest BCUT2D eigenvalue weighted by Gasteiger charge is -2.43. The SMILES string of the molecule is CC1CCC(C)N1[C@@H]1CCCC[C@H]1NC(=S)Nc1cc(C(F)(F)F)cc(C(F)(F)F)c1. The average Bonchev–Trinajstić information content (AvgIpc) is 2.99. The van der Waals surface area contributed by atoms with E-state index >= 15 is 0 Å². The molecule has 1 aromatic rings. The third-order valence-electron chi connectivity index (χ3n) is 6.29. The molecule has 1 aromatic carbocycles. The largest absolute Gasteiger partial charge is 0.416 e. The Morgan fingerprint density at radius 2 is 1.39 bits per heavy atom. The lowest BCUT2D eigenvalue weighted by Crippen LogP contribution is -2.56. The molecular weight excluding hydrogens is 440 g/mol. The highest BCUT2D eigenvalue weighted by Crippen LogP contribution is 2.38. The van der Waals surface area contributed by atoms with E-state index in [1.807, 2.05) is 0 Å². The van der Waals surface area contributed by atoms with Crippen molar-refractivity contribution in [3.63, 3.8) is 0 Å². The van der Waals surface area contributed by atoms with Gasteiger partial charge in [0.05, 0.1) is 11.1 Å². The number of hydrogen-bond donors (Lipinski definition) is 2. The van der Waals surface area contributed by atoms with Gasteiger partial charge in [0.25, 0.3) is 0 Å². The Labute approximate surface area is 183 Å². The van der Waals surface area contributed by atoms with Crippen molar-refractivity contribution in [1.29, 1.82) is 0 Å². The van der Waals surface area contributed by atoms with E-state index in [0.29, 0.717) is 24.2 Å². The smallest absolute Gasteiger partial charge is 0.358 e. The Balaban J connectivity index is 1.76. The average molecular weight is 468 g/mol. The Bertz CT molecular complexity index is 752. The Morgan fingerprint density at radius 1 is 0.871 bits per heavy atom. The second-order valence-electron chi connectivity index (χ2n) is 8.57. The summed E-state index contributed by atoms with van der Waals surface area (Å²) in [6, 6.07) is 2.48. The van der Waals surface area contributed by atoms with E-state index in [4.69, 9.17) is 12.2 Å². The predicted octanol–water partition coefficient (Wildman–Crippen LogP) is 6.19. The third-order valence-corrected chi connectivity index (χ3v) is 6.51. The number of nitrogens with one attached hydrogen (secondary N) is 2. The van der Waals surface area contributed by atoms with Crippen LogP contribution in [0.1, 0.15) is 63.5 Å². The number of hydrogen-bond acceptors (Lipinski definition) is 2. The van der Waals surface area contributed by atoms with Gasteiger partial charge in [0.15, 0.2) is 5.11 Å². The first-order valence-corrected chi connectivity index (χ1v) is 10.9. The summed E-state index contributed by atoms with van der Waals surface area (Å²) in [7, 11) is 0. The van der Waals surface area contributed by atoms with Gasteiger partial charge in [-0.25, -0.2) is 0 Å². The zero-order valence-corrected chi connectivity index (χ0v) is 18.2. The summed E-state index contributed by atoms with van der Waals surface area (Å²) in [5.41, 5.74) is -3.08. The maximum Gasteiger partial charge on any atom is 0.416 e. The van der Waals surface area contributed by atoms with Crippen molar-refractivity contribution >= 4 is 23.0 Å². The summed E-state index contributed by atoms with van der Waals surface area (Å²) in [6.45, 7) is 4.38. The highest BCUT2D eigenvalue weighted by atomic mass is 32.1. The lowest BCUT2D eigenvalue weighted by molar-refractivity contribution is -0.143. The molecule has 1 saturated heterocycles. The highest BCUT2D eigenvalue weighted by Gasteiger charge is 2.39. The van der Waals surface area contributed by atoms with Gasteiger partial charge in [0.1, 0.15) is 0 Å². The second-order valence-corrected chi connectivity index (χ2v) is 8.98. The molecule has 1 saturated carbocycles. The molecule has 2 unspecified atom stereocenters. The van der Waals surface area contributed by atoms with Crippen LogP contribution in [0.5, 0.6) is 0 Å². The van der Waals surface area contributed by atoms with Crippen molar-refractivity contribution < 1.29 is 26.3 Å². The molecule has 2 fully saturated rings. The monoisotopic (exact) mass is 467 g/mol. The molecule has 0 amide bonds. The van der Waals surface area contributed by atoms with Crippen LogP contribution >= 0.6 is 12.2 Å². The molecule has 1 aliphatic heterocycles. The first kappa shape index (κ1) is 24.1. The molecule has 0 bridgehead atoms. The Morgan fingerprint density at radius 3 is 1.90 bits per heavy atom. The molecule has 3 nitrogen and oxygen atoms in total. The molecular formula is C21H27F6N3S. The number of thiocarbonyl (C=S) groups is 1. The molecule has 10 heteroatoms. The minimum absolute atomic E-state index is 0.00960. The number of rotatable bonds is 3. The first-order valence-electron chi connectivity index (χ1n) is 10.5. The van der Waals surface area contributed by atoms with E-state index in [-0.39, 0.29) is 28.9 Å². The van der Waals surface area contributed by atoms with Crippen molar-refractivity contribution in [3.8, 4) is 0 Å². The van der Waals surface area contributed by atoms with Crippen LogP contribution in [0, 0.1) is 0 Å². The molecule has 2 aliphatic rings. The number of likely N-dealkylation sites (tertiary alicyclic amines) is 1. The van der Waals surface area contributed by atoms with Crippen LogP contribution in [-0.2, 0) is 12.4 Å². The summed E-state index contributed by atoms with van der Waals surface area (Å²) in [5.74, 6) is 0. The van der Waals surface area contributed by atoms with E-state index in [2.05, 4.69) is 29.4 Å². The van der Waals surface area contributed by atoms with Crippen molar-refractivity contribution in [1.82, 2.24) is 10.2 Å². The number of nitrogens with zero attached hydrogens (tertiary/aromatic N) is 1. The summed E-state index contributed by atoms with van der Waals surface area (Å²) in [4.78, 5) is 2.48. The standard InChI is InChI=1S/C21H27F6N3S/c1-12-7-8-13(2)30(12)18-6-4-3-5-17(18)29-19(31)28-16-10-14(20(22,23)24)9-15(11-16)21(25,26)27/h9-13,17-18H,3-8H2,1-2H3,(H2,28,29,31)/t12?,13?,17-,18-/m1/s1. The quantitative estimate of drug-likeness (QED) is 0.409. The summed E-state index contributed by atoms with van der Waals surface area (Å²) in [5, 5.41) is 5.75. The van der Waals surface area contributed by atoms with Crippen molar-refractivity contribution in [2.45, 2.75) is 88.9 Å². The van der Waals surface area contributed by atoms with E-state index in [1.165, 1.54) is 0 Å². The highest BCUT2D eigenvalue weighted by molar-refractivity contribution is 7.80. The van der Waals surface area contributed by atoms with E-state index in [0.717, 1.165) is 38.5 Å². The maximum absolute atomic E-state index is 13.1. The molecule has 1 heterocycles.